The van der Waals surface area contributed by atoms with Crippen LogP contribution in [-0.4, -0.2) is 34.8 Å². The quantitative estimate of drug-likeness (QED) is 0.312. The van der Waals surface area contributed by atoms with E-state index in [1.807, 2.05) is 12.1 Å². The zero-order valence-electron chi connectivity index (χ0n) is 10.3. The first-order chi connectivity index (χ1) is 8.70. The molecular formula is C12H18N4O2. The Kier molecular flexibility index (Phi) is 4.11. The first-order valence-corrected chi connectivity index (χ1v) is 5.98. The van der Waals surface area contributed by atoms with Gasteiger partial charge in [-0.25, -0.2) is 0 Å². The van der Waals surface area contributed by atoms with Gasteiger partial charge >= 0.3 is 0 Å². The highest BCUT2D eigenvalue weighted by Gasteiger charge is 2.23. The third-order valence-corrected chi connectivity index (χ3v) is 3.14. The van der Waals surface area contributed by atoms with Crippen molar-refractivity contribution >= 4 is 5.84 Å². The van der Waals surface area contributed by atoms with Crippen LogP contribution in [0.25, 0.3) is 0 Å². The first kappa shape index (κ1) is 12.8. The molecule has 1 saturated heterocycles. The van der Waals surface area contributed by atoms with E-state index in [0.29, 0.717) is 18.3 Å². The summed E-state index contributed by atoms with van der Waals surface area (Å²) in [5.74, 6) is 0.0226. The Morgan fingerprint density at radius 1 is 1.72 bits per heavy atom. The molecule has 18 heavy (non-hydrogen) atoms. The number of hydrogen-bond donors (Lipinski definition) is 3. The van der Waals surface area contributed by atoms with Crippen LogP contribution in [-0.2, 0) is 11.3 Å². The number of nitrogens with zero attached hydrogens (tertiary/aromatic N) is 2. The SMILES string of the molecule is CC1OCCC1NCc1ccnc(/C(N)=N/O)c1. The van der Waals surface area contributed by atoms with Crippen LogP contribution >= 0.6 is 0 Å². The van der Waals surface area contributed by atoms with Crippen LogP contribution in [0, 0.1) is 0 Å². The van der Waals surface area contributed by atoms with E-state index in [2.05, 4.69) is 22.4 Å². The fourth-order valence-electron chi connectivity index (χ4n) is 2.02. The minimum Gasteiger partial charge on any atom is -0.409 e. The van der Waals surface area contributed by atoms with Crippen molar-refractivity contribution in [3.8, 4) is 0 Å². The Labute approximate surface area is 106 Å². The van der Waals surface area contributed by atoms with Gasteiger partial charge in [0.05, 0.1) is 6.10 Å². The van der Waals surface area contributed by atoms with Crippen LogP contribution in [0.15, 0.2) is 23.5 Å². The third-order valence-electron chi connectivity index (χ3n) is 3.14. The van der Waals surface area contributed by atoms with E-state index < -0.39 is 0 Å². The zero-order valence-corrected chi connectivity index (χ0v) is 10.3. The van der Waals surface area contributed by atoms with Crippen LogP contribution in [0.2, 0.25) is 0 Å². The number of nitrogens with one attached hydrogen (secondary N) is 1. The Hall–Kier alpha value is -1.66. The number of nitrogens with two attached hydrogens (primary N) is 1. The number of amidine groups is 1. The second kappa shape index (κ2) is 5.79. The molecule has 0 saturated carbocycles. The van der Waals surface area contributed by atoms with Crippen molar-refractivity contribution in [1.82, 2.24) is 10.3 Å². The summed E-state index contributed by atoms with van der Waals surface area (Å²) in [4.78, 5) is 4.04. The fraction of sp³-hybridized carbons (Fsp3) is 0.500. The van der Waals surface area contributed by atoms with Gasteiger partial charge in [0.15, 0.2) is 5.84 Å². The van der Waals surface area contributed by atoms with E-state index in [1.54, 1.807) is 6.20 Å². The molecule has 6 nitrogen and oxygen atoms in total. The monoisotopic (exact) mass is 250 g/mol. The maximum atomic E-state index is 8.61. The maximum Gasteiger partial charge on any atom is 0.188 e. The molecule has 0 aliphatic carbocycles. The summed E-state index contributed by atoms with van der Waals surface area (Å²) >= 11 is 0. The van der Waals surface area contributed by atoms with Crippen LogP contribution in [0.4, 0.5) is 0 Å². The van der Waals surface area contributed by atoms with E-state index in [9.17, 15) is 0 Å². The molecule has 1 aromatic heterocycles. The molecule has 1 aliphatic heterocycles. The van der Waals surface area contributed by atoms with Crippen LogP contribution < -0.4 is 11.1 Å². The molecule has 0 spiro atoms. The predicted molar refractivity (Wildman–Crippen MR) is 67.4 cm³/mol. The van der Waals surface area contributed by atoms with Gasteiger partial charge < -0.3 is 21.0 Å². The Morgan fingerprint density at radius 3 is 3.22 bits per heavy atom. The number of aromatic nitrogens is 1. The molecule has 0 radical (unpaired) electrons. The maximum absolute atomic E-state index is 8.61. The van der Waals surface area contributed by atoms with Gasteiger partial charge in [-0.3, -0.25) is 4.98 Å². The normalized spacial score (nSPS) is 24.4. The Morgan fingerprint density at radius 2 is 2.56 bits per heavy atom. The molecule has 1 aromatic rings. The molecule has 98 valence electrons. The molecular weight excluding hydrogens is 232 g/mol. The fourth-order valence-corrected chi connectivity index (χ4v) is 2.02. The van der Waals surface area contributed by atoms with Crippen molar-refractivity contribution in [2.45, 2.75) is 32.0 Å². The summed E-state index contributed by atoms with van der Waals surface area (Å²) < 4.78 is 5.49. The smallest absolute Gasteiger partial charge is 0.188 e. The van der Waals surface area contributed by atoms with Crippen molar-refractivity contribution < 1.29 is 9.94 Å². The van der Waals surface area contributed by atoms with Gasteiger partial charge in [0, 0.05) is 25.4 Å². The van der Waals surface area contributed by atoms with E-state index >= 15 is 0 Å². The standard InChI is InChI=1S/C12H18N4O2/c1-8-10(3-5-18-8)15-7-9-2-4-14-11(6-9)12(13)16-17/h2,4,6,8,10,15,17H,3,5,7H2,1H3,(H2,13,16). The highest BCUT2D eigenvalue weighted by Crippen LogP contribution is 2.13. The number of oxime groups is 1. The number of pyridine rings is 1. The number of rotatable bonds is 4. The second-order valence-electron chi connectivity index (χ2n) is 4.39. The minimum absolute atomic E-state index is 0.0226. The van der Waals surface area contributed by atoms with Crippen molar-refractivity contribution in [3.05, 3.63) is 29.6 Å². The van der Waals surface area contributed by atoms with E-state index in [4.69, 9.17) is 15.7 Å². The van der Waals surface area contributed by atoms with Crippen molar-refractivity contribution in [2.24, 2.45) is 10.9 Å². The largest absolute Gasteiger partial charge is 0.409 e. The molecule has 2 rings (SSSR count). The predicted octanol–water partition coefficient (Wildman–Crippen LogP) is 0.443. The highest BCUT2D eigenvalue weighted by molar-refractivity contribution is 5.95. The van der Waals surface area contributed by atoms with E-state index in [1.165, 1.54) is 0 Å². The summed E-state index contributed by atoms with van der Waals surface area (Å²) in [5.41, 5.74) is 7.03. The van der Waals surface area contributed by atoms with Gasteiger partial charge in [0.1, 0.15) is 5.69 Å². The van der Waals surface area contributed by atoms with Gasteiger partial charge in [-0.15, -0.1) is 0 Å². The van der Waals surface area contributed by atoms with Gasteiger partial charge in [-0.05, 0) is 31.0 Å². The molecule has 0 bridgehead atoms. The van der Waals surface area contributed by atoms with Crippen LogP contribution in [0.1, 0.15) is 24.6 Å². The van der Waals surface area contributed by atoms with E-state index in [0.717, 1.165) is 18.6 Å². The Balaban J connectivity index is 1.97. The lowest BCUT2D eigenvalue weighted by Crippen LogP contribution is -2.34. The Bertz CT molecular complexity index is 436. The summed E-state index contributed by atoms with van der Waals surface area (Å²) in [6.45, 7) is 3.59. The lowest BCUT2D eigenvalue weighted by atomic mass is 10.1. The summed E-state index contributed by atoms with van der Waals surface area (Å²) in [6, 6.07) is 4.09. The lowest BCUT2D eigenvalue weighted by molar-refractivity contribution is 0.113. The van der Waals surface area contributed by atoms with Crippen LogP contribution in [0.5, 0.6) is 0 Å². The summed E-state index contributed by atoms with van der Waals surface area (Å²) in [6.07, 6.45) is 2.92. The third kappa shape index (κ3) is 2.96. The summed E-state index contributed by atoms with van der Waals surface area (Å²) in [5, 5.41) is 15.0. The lowest BCUT2D eigenvalue weighted by Gasteiger charge is -2.16. The topological polar surface area (TPSA) is 92.8 Å². The molecule has 1 aliphatic rings. The molecule has 0 amide bonds. The molecule has 2 unspecified atom stereocenters. The minimum atomic E-state index is 0.0226. The zero-order chi connectivity index (χ0) is 13.0. The molecule has 6 heteroatoms. The number of hydrogen-bond acceptors (Lipinski definition) is 5. The number of ether oxygens (including phenoxy) is 1. The van der Waals surface area contributed by atoms with Gasteiger partial charge in [-0.1, -0.05) is 5.16 Å². The average molecular weight is 250 g/mol. The molecule has 0 aromatic carbocycles. The average Bonchev–Trinajstić information content (AvgIpc) is 2.81. The van der Waals surface area contributed by atoms with Crippen LogP contribution in [0.3, 0.4) is 0 Å². The second-order valence-corrected chi connectivity index (χ2v) is 4.39. The summed E-state index contributed by atoms with van der Waals surface area (Å²) in [7, 11) is 0. The molecule has 1 fully saturated rings. The van der Waals surface area contributed by atoms with Gasteiger partial charge in [-0.2, -0.15) is 0 Å². The molecule has 2 heterocycles. The van der Waals surface area contributed by atoms with E-state index in [-0.39, 0.29) is 11.9 Å². The highest BCUT2D eigenvalue weighted by atomic mass is 16.5. The van der Waals surface area contributed by atoms with Gasteiger partial charge in [0.2, 0.25) is 0 Å². The van der Waals surface area contributed by atoms with Crippen molar-refractivity contribution in [1.29, 1.82) is 0 Å². The van der Waals surface area contributed by atoms with Crippen molar-refractivity contribution in [2.75, 3.05) is 6.61 Å². The molecule has 2 atom stereocenters. The van der Waals surface area contributed by atoms with Crippen molar-refractivity contribution in [3.63, 3.8) is 0 Å². The van der Waals surface area contributed by atoms with Gasteiger partial charge in [0.25, 0.3) is 0 Å². The molecule has 4 N–H and O–H groups in total. The first-order valence-electron chi connectivity index (χ1n) is 5.98.